The normalized spacial score (nSPS) is 18.7. The topological polar surface area (TPSA) is 112 Å². The summed E-state index contributed by atoms with van der Waals surface area (Å²) in [5, 5.41) is 16.8. The Kier molecular flexibility index (Phi) is 9.46. The lowest BCUT2D eigenvalue weighted by Gasteiger charge is -2.25. The highest BCUT2D eigenvalue weighted by Crippen LogP contribution is 2.37. The van der Waals surface area contributed by atoms with Gasteiger partial charge < -0.3 is 15.7 Å². The quantitative estimate of drug-likeness (QED) is 0.359. The number of pyridine rings is 1. The van der Waals surface area contributed by atoms with Crippen LogP contribution in [0.4, 0.5) is 20.4 Å². The molecule has 1 aliphatic carbocycles. The molecule has 204 valence electrons. The van der Waals surface area contributed by atoms with E-state index >= 15 is 0 Å². The first-order valence-electron chi connectivity index (χ1n) is 12.5. The molecule has 1 aromatic heterocycles. The largest absolute Gasteiger partial charge is 0.391 e. The number of aromatic nitrogens is 1. The molecule has 3 rings (SSSR count). The summed E-state index contributed by atoms with van der Waals surface area (Å²) in [6.45, 7) is 4.75. The van der Waals surface area contributed by atoms with Gasteiger partial charge in [-0.2, -0.15) is 0 Å². The average molecular weight is 539 g/mol. The maximum Gasteiger partial charge on any atom is 0.251 e. The highest BCUT2D eigenvalue weighted by Gasteiger charge is 2.32. The van der Waals surface area contributed by atoms with Gasteiger partial charge in [0.1, 0.15) is 23.3 Å². The molecule has 1 amide bonds. The van der Waals surface area contributed by atoms with E-state index in [1.165, 1.54) is 31.3 Å². The number of nitrogens with zero attached hydrogens (tertiary/aromatic N) is 2. The maximum absolute atomic E-state index is 13.8. The van der Waals surface area contributed by atoms with Crippen LogP contribution in [0.3, 0.4) is 0 Å². The molecule has 0 aliphatic heterocycles. The van der Waals surface area contributed by atoms with Crippen LogP contribution >= 0.6 is 0 Å². The summed E-state index contributed by atoms with van der Waals surface area (Å²) in [4.78, 5) is 17.7. The van der Waals surface area contributed by atoms with Crippen molar-refractivity contribution < 1.29 is 27.1 Å². The van der Waals surface area contributed by atoms with Crippen LogP contribution in [0.5, 0.6) is 0 Å². The molecule has 11 heteroatoms. The lowest BCUT2D eigenvalue weighted by atomic mass is 9.97. The van der Waals surface area contributed by atoms with Gasteiger partial charge in [0.05, 0.1) is 18.4 Å². The predicted octanol–water partition coefficient (Wildman–Crippen LogP) is 3.72. The van der Waals surface area contributed by atoms with Gasteiger partial charge >= 0.3 is 0 Å². The van der Waals surface area contributed by atoms with Crippen molar-refractivity contribution in [2.24, 2.45) is 11.8 Å². The number of carbonyl (C=O) groups excluding carboxylic acids is 1. The number of nitrogens with one attached hydrogen (secondary N) is 2. The monoisotopic (exact) mass is 538 g/mol. The molecule has 1 saturated carbocycles. The van der Waals surface area contributed by atoms with Crippen LogP contribution in [0.15, 0.2) is 30.3 Å². The maximum atomic E-state index is 13.8. The minimum Gasteiger partial charge on any atom is -0.391 e. The van der Waals surface area contributed by atoms with Gasteiger partial charge in [-0.15, -0.1) is 0 Å². The zero-order valence-corrected chi connectivity index (χ0v) is 22.5. The summed E-state index contributed by atoms with van der Waals surface area (Å²) in [6.07, 6.45) is 3.11. The summed E-state index contributed by atoms with van der Waals surface area (Å²) < 4.78 is 52.8. The molecule has 0 saturated heterocycles. The predicted molar refractivity (Wildman–Crippen MR) is 140 cm³/mol. The summed E-state index contributed by atoms with van der Waals surface area (Å²) >= 11 is 0. The Morgan fingerprint density at radius 1 is 1.22 bits per heavy atom. The Morgan fingerprint density at radius 2 is 1.86 bits per heavy atom. The highest BCUT2D eigenvalue weighted by atomic mass is 32.2. The fourth-order valence-corrected chi connectivity index (χ4v) is 4.55. The third-order valence-electron chi connectivity index (χ3n) is 6.73. The fraction of sp³-hybridized carbons (Fsp3) is 0.538. The molecule has 4 atom stereocenters. The zero-order valence-electron chi connectivity index (χ0n) is 21.7. The van der Waals surface area contributed by atoms with E-state index in [1.54, 1.807) is 0 Å². The molecule has 1 aliphatic rings. The highest BCUT2D eigenvalue weighted by molar-refractivity contribution is 7.92. The van der Waals surface area contributed by atoms with Crippen molar-refractivity contribution in [2.75, 3.05) is 29.5 Å². The first-order chi connectivity index (χ1) is 17.4. The molecule has 1 aromatic carbocycles. The van der Waals surface area contributed by atoms with Crippen molar-refractivity contribution in [2.45, 2.75) is 58.1 Å². The first-order valence-corrected chi connectivity index (χ1v) is 14.4. The lowest BCUT2D eigenvalue weighted by Crippen LogP contribution is -2.45. The molecule has 8 nitrogen and oxygen atoms in total. The van der Waals surface area contributed by atoms with Crippen molar-refractivity contribution in [1.29, 1.82) is 0 Å². The fourth-order valence-electron chi connectivity index (χ4n) is 4.12. The molecule has 37 heavy (non-hydrogen) atoms. The first kappa shape index (κ1) is 28.8. The van der Waals surface area contributed by atoms with Gasteiger partial charge in [0, 0.05) is 25.2 Å². The van der Waals surface area contributed by atoms with Crippen LogP contribution < -0.4 is 14.9 Å². The van der Waals surface area contributed by atoms with Gasteiger partial charge in [0.2, 0.25) is 10.0 Å². The van der Waals surface area contributed by atoms with Crippen LogP contribution in [0.2, 0.25) is 0 Å². The Bertz CT molecular complexity index is 1190. The molecule has 2 unspecified atom stereocenters. The molecular weight excluding hydrogens is 502 g/mol. The molecule has 2 aromatic rings. The van der Waals surface area contributed by atoms with E-state index < -0.39 is 39.7 Å². The van der Waals surface area contributed by atoms with Crippen molar-refractivity contribution >= 4 is 27.6 Å². The summed E-state index contributed by atoms with van der Waals surface area (Å²) in [5.74, 6) is -0.553. The average Bonchev–Trinajstić information content (AvgIpc) is 3.53. The van der Waals surface area contributed by atoms with E-state index in [2.05, 4.69) is 22.5 Å². The van der Waals surface area contributed by atoms with Crippen molar-refractivity contribution in [1.82, 2.24) is 10.3 Å². The van der Waals surface area contributed by atoms with Gasteiger partial charge in [0.25, 0.3) is 5.91 Å². The van der Waals surface area contributed by atoms with Crippen molar-refractivity contribution in [3.05, 3.63) is 53.1 Å². The molecule has 3 N–H and O–H groups in total. The second-order valence-electron chi connectivity index (χ2n) is 9.96. The number of halogens is 2. The lowest BCUT2D eigenvalue weighted by molar-refractivity contribution is 0.0808. The van der Waals surface area contributed by atoms with Gasteiger partial charge in [-0.05, 0) is 60.9 Å². The second-order valence-corrected chi connectivity index (χ2v) is 12.0. The molecular formula is C26H36F2N4O4S. The van der Waals surface area contributed by atoms with Crippen molar-refractivity contribution in [3.8, 4) is 0 Å². The number of sulfonamides is 1. The van der Waals surface area contributed by atoms with E-state index in [1.807, 2.05) is 6.92 Å². The van der Waals surface area contributed by atoms with E-state index in [9.17, 15) is 27.1 Å². The Hall–Kier alpha value is -2.79. The number of hydrogen-bond acceptors (Lipinski definition) is 6. The van der Waals surface area contributed by atoms with Crippen LogP contribution in [0.1, 0.15) is 55.5 Å². The minimum absolute atomic E-state index is 0.0111. The number of unbranched alkanes of at least 4 members (excludes halogenated alkanes) is 1. The molecule has 0 spiro atoms. The minimum atomic E-state index is -3.64. The number of benzene rings is 1. The third kappa shape index (κ3) is 8.36. The van der Waals surface area contributed by atoms with Crippen LogP contribution in [0.25, 0.3) is 0 Å². The standard InChI is InChI=1S/C26H36F2N4O4S/c1-5-6-7-23(33)22(11-17-9-20(27)14-21(28)10-17)30-26(34)18-12-24(29-15-19-8-16(19)2)31-25(13-18)32(3)37(4,35)36/h9-10,12-14,16,19,22-23,33H,5-8,11,15H2,1-4H3,(H,29,31)(H,30,34)/t16?,19?,22-,23-/m0/s1. The molecule has 0 bridgehead atoms. The number of amides is 1. The number of anilines is 2. The number of aliphatic hydroxyl groups excluding tert-OH is 1. The number of rotatable bonds is 13. The Labute approximate surface area is 217 Å². The van der Waals surface area contributed by atoms with E-state index in [4.69, 9.17) is 0 Å². The number of carbonyl (C=O) groups is 1. The summed E-state index contributed by atoms with van der Waals surface area (Å²) in [6, 6.07) is 5.16. The smallest absolute Gasteiger partial charge is 0.251 e. The van der Waals surface area contributed by atoms with Crippen LogP contribution in [-0.4, -0.2) is 56.4 Å². The molecule has 0 radical (unpaired) electrons. The number of hydrogen-bond donors (Lipinski definition) is 3. The Morgan fingerprint density at radius 3 is 2.43 bits per heavy atom. The SMILES string of the molecule is CCCC[C@H](O)[C@H](Cc1cc(F)cc(F)c1)NC(=O)c1cc(NCC2CC2C)nc(N(C)S(C)(=O)=O)c1. The van der Waals surface area contributed by atoms with Gasteiger partial charge in [-0.25, -0.2) is 22.2 Å². The summed E-state index contributed by atoms with van der Waals surface area (Å²) in [5.41, 5.74) is 0.441. The summed E-state index contributed by atoms with van der Waals surface area (Å²) in [7, 11) is -2.29. The van der Waals surface area contributed by atoms with Gasteiger partial charge in [0.15, 0.2) is 0 Å². The van der Waals surface area contributed by atoms with Crippen LogP contribution in [-0.2, 0) is 16.4 Å². The van der Waals surface area contributed by atoms with Crippen LogP contribution in [0, 0.1) is 23.5 Å². The van der Waals surface area contributed by atoms with E-state index in [0.717, 1.165) is 29.5 Å². The third-order valence-corrected chi connectivity index (χ3v) is 7.91. The molecule has 1 heterocycles. The molecule has 1 fully saturated rings. The van der Waals surface area contributed by atoms with Gasteiger partial charge in [-0.1, -0.05) is 26.7 Å². The second kappa shape index (κ2) is 12.2. The Balaban J connectivity index is 1.88. The van der Waals surface area contributed by atoms with E-state index in [-0.39, 0.29) is 17.8 Å². The van der Waals surface area contributed by atoms with Crippen molar-refractivity contribution in [3.63, 3.8) is 0 Å². The van der Waals surface area contributed by atoms with Gasteiger partial charge in [-0.3, -0.25) is 9.10 Å². The van der Waals surface area contributed by atoms with E-state index in [0.29, 0.717) is 42.6 Å². The number of aliphatic hydroxyl groups is 1. The zero-order chi connectivity index (χ0) is 27.3.